The van der Waals surface area contributed by atoms with Crippen molar-refractivity contribution < 1.29 is 14.6 Å². The van der Waals surface area contributed by atoms with Crippen LogP contribution in [0.1, 0.15) is 33.6 Å². The number of nitrogens with zero attached hydrogens (tertiary/aromatic N) is 2. The molecule has 96 valence electrons. The molecule has 0 bridgehead atoms. The fourth-order valence-electron chi connectivity index (χ4n) is 1.77. The van der Waals surface area contributed by atoms with Gasteiger partial charge in [0.1, 0.15) is 0 Å². The Morgan fingerprint density at radius 3 is 2.82 bits per heavy atom. The summed E-state index contributed by atoms with van der Waals surface area (Å²) in [4.78, 5) is 11.7. The van der Waals surface area contributed by atoms with Gasteiger partial charge in [-0.2, -0.15) is 10.2 Å². The van der Waals surface area contributed by atoms with Gasteiger partial charge >= 0.3 is 5.97 Å². The summed E-state index contributed by atoms with van der Waals surface area (Å²) in [7, 11) is 0. The van der Waals surface area contributed by atoms with Crippen molar-refractivity contribution in [3.63, 3.8) is 0 Å². The van der Waals surface area contributed by atoms with E-state index < -0.39 is 11.5 Å². The van der Waals surface area contributed by atoms with Gasteiger partial charge in [-0.3, -0.25) is 4.79 Å². The second-order valence-corrected chi connectivity index (χ2v) is 4.70. The first-order valence-electron chi connectivity index (χ1n) is 5.88. The van der Waals surface area contributed by atoms with Gasteiger partial charge in [0.15, 0.2) is 0 Å². The molecule has 0 aromatic carbocycles. The zero-order valence-corrected chi connectivity index (χ0v) is 10.6. The van der Waals surface area contributed by atoms with E-state index >= 15 is 0 Å². The largest absolute Gasteiger partial charge is 0.466 e. The van der Waals surface area contributed by atoms with Gasteiger partial charge in [0.25, 0.3) is 0 Å². The molecule has 0 amide bonds. The molecule has 0 aliphatic carbocycles. The zero-order valence-electron chi connectivity index (χ0n) is 10.6. The molecule has 0 fully saturated rings. The highest BCUT2D eigenvalue weighted by Crippen LogP contribution is 2.26. The molecule has 1 unspecified atom stereocenters. The molecule has 0 aromatic rings. The van der Waals surface area contributed by atoms with E-state index in [4.69, 9.17) is 4.74 Å². The summed E-state index contributed by atoms with van der Waals surface area (Å²) in [5.74, 6) is -0.851. The monoisotopic (exact) mass is 240 g/mol. The third-order valence-corrected chi connectivity index (χ3v) is 2.77. The lowest BCUT2D eigenvalue weighted by Crippen LogP contribution is -2.38. The number of hydrogen-bond donors (Lipinski definition) is 1. The summed E-state index contributed by atoms with van der Waals surface area (Å²) >= 11 is 0. The molecule has 1 aliphatic heterocycles. The van der Waals surface area contributed by atoms with Crippen LogP contribution in [-0.4, -0.2) is 29.8 Å². The van der Waals surface area contributed by atoms with Crippen LogP contribution in [0.3, 0.4) is 0 Å². The second kappa shape index (κ2) is 5.91. The van der Waals surface area contributed by atoms with Crippen molar-refractivity contribution in [1.29, 1.82) is 0 Å². The minimum Gasteiger partial charge on any atom is -0.466 e. The van der Waals surface area contributed by atoms with Crippen molar-refractivity contribution in [2.45, 2.75) is 39.2 Å². The van der Waals surface area contributed by atoms with Gasteiger partial charge in [-0.05, 0) is 39.2 Å². The van der Waals surface area contributed by atoms with Gasteiger partial charge in [-0.25, -0.2) is 0 Å². The molecule has 0 saturated heterocycles. The number of rotatable bonds is 6. The first kappa shape index (κ1) is 13.8. The molecular weight excluding hydrogens is 220 g/mol. The Bertz CT molecular complexity index is 329. The van der Waals surface area contributed by atoms with Crippen LogP contribution in [0.25, 0.3) is 0 Å². The fourth-order valence-corrected chi connectivity index (χ4v) is 1.77. The molecule has 1 rings (SSSR count). The quantitative estimate of drug-likeness (QED) is 0.722. The standard InChI is InChI=1S/C12H20N2O3/c1-4-17-11(15)10(12(2,3)16)6-5-9-7-13-14-8-9/h7,10,16H,4-6,8H2,1-3H3. The highest BCUT2D eigenvalue weighted by Gasteiger charge is 2.34. The Morgan fingerprint density at radius 2 is 2.35 bits per heavy atom. The number of esters is 1. The van der Waals surface area contributed by atoms with Crippen LogP contribution in [0, 0.1) is 5.92 Å². The van der Waals surface area contributed by atoms with E-state index in [2.05, 4.69) is 10.2 Å². The summed E-state index contributed by atoms with van der Waals surface area (Å²) in [6.45, 7) is 5.95. The summed E-state index contributed by atoms with van der Waals surface area (Å²) in [5, 5.41) is 17.6. The lowest BCUT2D eigenvalue weighted by molar-refractivity contribution is -0.156. The second-order valence-electron chi connectivity index (χ2n) is 4.70. The maximum absolute atomic E-state index is 11.7. The predicted octanol–water partition coefficient (Wildman–Crippen LogP) is 2.07. The Morgan fingerprint density at radius 1 is 1.65 bits per heavy atom. The molecule has 5 heteroatoms. The molecular formula is C12H20N2O3. The first-order valence-corrected chi connectivity index (χ1v) is 5.88. The van der Waals surface area contributed by atoms with Crippen molar-refractivity contribution in [3.05, 3.63) is 11.8 Å². The normalized spacial score (nSPS) is 16.8. The average Bonchev–Trinajstić information content (AvgIpc) is 2.69. The van der Waals surface area contributed by atoms with Crippen molar-refractivity contribution >= 4 is 5.97 Å². The van der Waals surface area contributed by atoms with E-state index in [0.717, 1.165) is 5.57 Å². The van der Waals surface area contributed by atoms with Crippen molar-refractivity contribution in [3.8, 4) is 0 Å². The van der Waals surface area contributed by atoms with E-state index in [9.17, 15) is 9.90 Å². The topological polar surface area (TPSA) is 71.2 Å². The summed E-state index contributed by atoms with van der Waals surface area (Å²) in [5.41, 5.74) is 0.0169. The van der Waals surface area contributed by atoms with Gasteiger partial charge in [0, 0.05) is 0 Å². The van der Waals surface area contributed by atoms with Crippen LogP contribution in [0.15, 0.2) is 22.0 Å². The number of aliphatic hydroxyl groups is 1. The lowest BCUT2D eigenvalue weighted by atomic mass is 9.86. The van der Waals surface area contributed by atoms with Crippen molar-refractivity contribution in [1.82, 2.24) is 0 Å². The van der Waals surface area contributed by atoms with Gasteiger partial charge in [0.2, 0.25) is 0 Å². The van der Waals surface area contributed by atoms with E-state index in [1.54, 1.807) is 27.0 Å². The van der Waals surface area contributed by atoms with Gasteiger partial charge in [0.05, 0.1) is 30.9 Å². The van der Waals surface area contributed by atoms with Crippen LogP contribution in [0.4, 0.5) is 0 Å². The molecule has 0 saturated carbocycles. The highest BCUT2D eigenvalue weighted by molar-refractivity contribution is 5.73. The third kappa shape index (κ3) is 4.26. The molecule has 17 heavy (non-hydrogen) atoms. The van der Waals surface area contributed by atoms with Crippen LogP contribution >= 0.6 is 0 Å². The number of carbonyl (C=O) groups excluding carboxylic acids is 1. The average molecular weight is 240 g/mol. The molecule has 0 aromatic heterocycles. The van der Waals surface area contributed by atoms with E-state index in [0.29, 0.717) is 26.0 Å². The van der Waals surface area contributed by atoms with Crippen LogP contribution in [0.5, 0.6) is 0 Å². The fraction of sp³-hybridized carbons (Fsp3) is 0.750. The van der Waals surface area contributed by atoms with Crippen molar-refractivity contribution in [2.75, 3.05) is 13.2 Å². The van der Waals surface area contributed by atoms with Gasteiger partial charge in [-0.15, -0.1) is 0 Å². The Hall–Kier alpha value is -1.23. The molecule has 0 radical (unpaired) electrons. The molecule has 1 heterocycles. The van der Waals surface area contributed by atoms with Crippen molar-refractivity contribution in [2.24, 2.45) is 16.1 Å². The summed E-state index contributed by atoms with van der Waals surface area (Å²) in [6, 6.07) is 0. The molecule has 0 spiro atoms. The summed E-state index contributed by atoms with van der Waals surface area (Å²) in [6.07, 6.45) is 2.98. The number of ether oxygens (including phenoxy) is 1. The number of carbonyl (C=O) groups is 1. The predicted molar refractivity (Wildman–Crippen MR) is 63.5 cm³/mol. The Labute approximate surface area is 102 Å². The van der Waals surface area contributed by atoms with Crippen LogP contribution in [-0.2, 0) is 9.53 Å². The molecule has 5 nitrogen and oxygen atoms in total. The number of hydrogen-bond acceptors (Lipinski definition) is 5. The maximum Gasteiger partial charge on any atom is 0.311 e. The Balaban J connectivity index is 2.55. The molecule has 1 atom stereocenters. The van der Waals surface area contributed by atoms with Crippen LogP contribution in [0.2, 0.25) is 0 Å². The summed E-state index contributed by atoms with van der Waals surface area (Å²) < 4.78 is 4.98. The van der Waals surface area contributed by atoms with Gasteiger partial charge < -0.3 is 9.84 Å². The van der Waals surface area contributed by atoms with E-state index in [1.165, 1.54) is 0 Å². The Kier molecular flexibility index (Phi) is 4.81. The molecule has 1 N–H and O–H groups in total. The first-order chi connectivity index (χ1) is 7.95. The maximum atomic E-state index is 11.7. The number of azo groups is 1. The zero-order chi connectivity index (χ0) is 12.9. The van der Waals surface area contributed by atoms with Crippen LogP contribution < -0.4 is 0 Å². The van der Waals surface area contributed by atoms with Gasteiger partial charge in [-0.1, -0.05) is 0 Å². The lowest BCUT2D eigenvalue weighted by Gasteiger charge is -2.27. The third-order valence-electron chi connectivity index (χ3n) is 2.77. The minimum atomic E-state index is -1.07. The minimum absolute atomic E-state index is 0.332. The van der Waals surface area contributed by atoms with E-state index in [1.807, 2.05) is 0 Å². The smallest absolute Gasteiger partial charge is 0.311 e. The SMILES string of the molecule is CCOC(=O)C(CCC1=CN=NC1)C(C)(C)O. The van der Waals surface area contributed by atoms with E-state index in [-0.39, 0.29) is 5.97 Å². The molecule has 1 aliphatic rings. The highest BCUT2D eigenvalue weighted by atomic mass is 16.5.